The van der Waals surface area contributed by atoms with Crippen molar-refractivity contribution in [1.29, 1.82) is 0 Å². The molecule has 0 aliphatic carbocycles. The summed E-state index contributed by atoms with van der Waals surface area (Å²) in [5.74, 6) is -0.0681. The molecule has 3 aromatic carbocycles. The van der Waals surface area contributed by atoms with Crippen molar-refractivity contribution in [3.63, 3.8) is 0 Å². The average Bonchev–Trinajstić information content (AvgIpc) is 3.59. The number of nitrogens with zero attached hydrogens (tertiary/aromatic N) is 3. The van der Waals surface area contributed by atoms with E-state index in [0.717, 1.165) is 24.6 Å². The quantitative estimate of drug-likeness (QED) is 0.166. The van der Waals surface area contributed by atoms with E-state index in [4.69, 9.17) is 4.42 Å². The summed E-state index contributed by atoms with van der Waals surface area (Å²) in [5.41, 5.74) is 0.946. The van der Waals surface area contributed by atoms with Crippen LogP contribution >= 0.6 is 0 Å². The zero-order chi connectivity index (χ0) is 33.4. The minimum Gasteiger partial charge on any atom is -0.440 e. The molecule has 5 rings (SSSR count). The van der Waals surface area contributed by atoms with Crippen LogP contribution in [0.4, 0.5) is 26.3 Å². The molecule has 0 fully saturated rings. The summed E-state index contributed by atoms with van der Waals surface area (Å²) in [6, 6.07) is 15.9. The molecule has 0 aliphatic rings. The van der Waals surface area contributed by atoms with Crippen molar-refractivity contribution in [2.75, 3.05) is 19.8 Å². The van der Waals surface area contributed by atoms with Gasteiger partial charge in [0.05, 0.1) is 10.6 Å². The van der Waals surface area contributed by atoms with E-state index in [1.54, 1.807) is 37.4 Å². The molecule has 15 heteroatoms. The highest BCUT2D eigenvalue weighted by Crippen LogP contribution is 2.40. The fourth-order valence-electron chi connectivity index (χ4n) is 4.76. The second kappa shape index (κ2) is 12.3. The second-order valence-electron chi connectivity index (χ2n) is 10.3. The predicted molar refractivity (Wildman–Crippen MR) is 157 cm³/mol. The summed E-state index contributed by atoms with van der Waals surface area (Å²) < 4.78 is 115. The molecule has 0 unspecified atom stereocenters. The first-order valence-electron chi connectivity index (χ1n) is 13.6. The number of sulfone groups is 1. The van der Waals surface area contributed by atoms with Gasteiger partial charge in [-0.2, -0.15) is 13.2 Å². The number of nitrogens with one attached hydrogen (secondary N) is 1. The Morgan fingerprint density at radius 3 is 2.20 bits per heavy atom. The largest absolute Gasteiger partial charge is 0.573 e. The smallest absolute Gasteiger partial charge is 0.440 e. The van der Waals surface area contributed by atoms with Crippen molar-refractivity contribution in [2.24, 2.45) is 0 Å². The molecule has 0 bridgehead atoms. The van der Waals surface area contributed by atoms with Crippen molar-refractivity contribution in [2.45, 2.75) is 30.8 Å². The number of halogens is 6. The minimum absolute atomic E-state index is 0.0190. The van der Waals surface area contributed by atoms with Crippen molar-refractivity contribution < 1.29 is 43.9 Å². The number of imidazole rings is 1. The fourth-order valence-corrected chi connectivity index (χ4v) is 5.43. The number of aryl methyl sites for hydroxylation is 1. The van der Waals surface area contributed by atoms with Gasteiger partial charge in [-0.15, -0.1) is 13.2 Å². The maximum Gasteiger partial charge on any atom is 0.573 e. The van der Waals surface area contributed by atoms with Crippen LogP contribution in [0, 0.1) is 6.92 Å². The SMILES string of the molecule is CNCCc1nc(-c2ccc(OC(F)(F)F)cc2)c(-c2cc(-c3cccc(S(C)(=O)=O)c3)ccc2-n2cc(C(F)(F)F)nc2C)o1. The molecule has 5 aromatic rings. The summed E-state index contributed by atoms with van der Waals surface area (Å²) >= 11 is 0. The van der Waals surface area contributed by atoms with Gasteiger partial charge in [-0.05, 0) is 73.6 Å². The Balaban J connectivity index is 1.75. The molecule has 0 aliphatic heterocycles. The topological polar surface area (TPSA) is 99.2 Å². The summed E-state index contributed by atoms with van der Waals surface area (Å²) in [4.78, 5) is 8.35. The third kappa shape index (κ3) is 7.26. The molecule has 0 radical (unpaired) electrons. The Morgan fingerprint density at radius 2 is 1.59 bits per heavy atom. The standard InChI is InChI=1S/C31H26F6N4O4S/c1-18-39-26(30(32,33)34)17-41(18)25-12-9-21(20-5-4-6-23(15-20)46(3,42)43)16-24(25)29-28(40-27(44-29)13-14-38-2)19-7-10-22(11-8-19)45-31(35,36)37/h4-12,15-17,38H,13-14H2,1-3H3. The molecule has 2 heterocycles. The summed E-state index contributed by atoms with van der Waals surface area (Å²) in [7, 11) is -1.84. The van der Waals surface area contributed by atoms with Crippen molar-refractivity contribution in [1.82, 2.24) is 19.9 Å². The van der Waals surface area contributed by atoms with E-state index in [1.807, 2.05) is 0 Å². The highest BCUT2D eigenvalue weighted by Gasteiger charge is 2.35. The molecule has 2 aromatic heterocycles. The molecule has 46 heavy (non-hydrogen) atoms. The number of hydrogen-bond acceptors (Lipinski definition) is 7. The van der Waals surface area contributed by atoms with Crippen molar-refractivity contribution >= 4 is 9.84 Å². The summed E-state index contributed by atoms with van der Waals surface area (Å²) in [6.45, 7) is 1.86. The number of alkyl halides is 6. The van der Waals surface area contributed by atoms with Gasteiger partial charge in [-0.1, -0.05) is 18.2 Å². The zero-order valence-corrected chi connectivity index (χ0v) is 25.3. The highest BCUT2D eigenvalue weighted by atomic mass is 32.2. The number of benzene rings is 3. The first-order chi connectivity index (χ1) is 21.5. The third-order valence-electron chi connectivity index (χ3n) is 6.89. The van der Waals surface area contributed by atoms with Gasteiger partial charge in [0, 0.05) is 36.5 Å². The molecule has 0 spiro atoms. The highest BCUT2D eigenvalue weighted by molar-refractivity contribution is 7.90. The molecule has 0 amide bonds. The van der Waals surface area contributed by atoms with Crippen LogP contribution in [0.25, 0.3) is 39.4 Å². The first kappa shape index (κ1) is 32.8. The predicted octanol–water partition coefficient (Wildman–Crippen LogP) is 7.25. The number of oxazole rings is 1. The maximum atomic E-state index is 13.6. The molecule has 8 nitrogen and oxygen atoms in total. The van der Waals surface area contributed by atoms with Gasteiger partial charge in [0.2, 0.25) is 0 Å². The summed E-state index contributed by atoms with van der Waals surface area (Å²) in [5, 5.41) is 2.97. The van der Waals surface area contributed by atoms with Crippen LogP contribution in [-0.2, 0) is 22.4 Å². The minimum atomic E-state index is -4.90. The van der Waals surface area contributed by atoms with Crippen molar-refractivity contribution in [3.05, 3.63) is 90.3 Å². The van der Waals surface area contributed by atoms with Gasteiger partial charge in [0.15, 0.2) is 27.2 Å². The van der Waals surface area contributed by atoms with E-state index >= 15 is 0 Å². The van der Waals surface area contributed by atoms with Crippen LogP contribution in [0.2, 0.25) is 0 Å². The van der Waals surface area contributed by atoms with Gasteiger partial charge >= 0.3 is 12.5 Å². The van der Waals surface area contributed by atoms with E-state index in [1.165, 1.54) is 35.8 Å². The number of likely N-dealkylation sites (N-methyl/N-ethyl adjacent to an activating group) is 1. The van der Waals surface area contributed by atoms with Gasteiger partial charge < -0.3 is 19.0 Å². The Labute approximate surface area is 259 Å². The molecule has 0 atom stereocenters. The normalized spacial score (nSPS) is 12.5. The van der Waals surface area contributed by atoms with E-state index in [-0.39, 0.29) is 39.3 Å². The van der Waals surface area contributed by atoms with Gasteiger partial charge in [-0.3, -0.25) is 0 Å². The second-order valence-corrected chi connectivity index (χ2v) is 12.3. The number of aromatic nitrogens is 3. The Morgan fingerprint density at radius 1 is 0.913 bits per heavy atom. The van der Waals surface area contributed by atoms with Crippen LogP contribution in [0.3, 0.4) is 0 Å². The molecule has 0 saturated carbocycles. The van der Waals surface area contributed by atoms with Crippen LogP contribution in [0.1, 0.15) is 17.4 Å². The number of rotatable bonds is 9. The van der Waals surface area contributed by atoms with Gasteiger partial charge in [0.1, 0.15) is 17.3 Å². The maximum absolute atomic E-state index is 13.6. The van der Waals surface area contributed by atoms with Gasteiger partial charge in [-0.25, -0.2) is 18.4 Å². The Bertz CT molecular complexity index is 1980. The average molecular weight is 665 g/mol. The van der Waals surface area contributed by atoms with Crippen LogP contribution in [0.15, 0.2) is 82.2 Å². The van der Waals surface area contributed by atoms with E-state index in [0.29, 0.717) is 29.7 Å². The molecule has 0 saturated heterocycles. The molecular weight excluding hydrogens is 638 g/mol. The van der Waals surface area contributed by atoms with Gasteiger partial charge in [0.25, 0.3) is 0 Å². The van der Waals surface area contributed by atoms with Crippen molar-refractivity contribution in [3.8, 4) is 45.1 Å². The van der Waals surface area contributed by atoms with E-state index in [2.05, 4.69) is 20.0 Å². The van der Waals surface area contributed by atoms with Crippen LogP contribution < -0.4 is 10.1 Å². The molecule has 242 valence electrons. The lowest BCUT2D eigenvalue weighted by Crippen LogP contribution is -2.16. The monoisotopic (exact) mass is 664 g/mol. The molecular formula is C31H26F6N4O4S. The van der Waals surface area contributed by atoms with E-state index in [9.17, 15) is 34.8 Å². The van der Waals surface area contributed by atoms with Crippen LogP contribution in [-0.4, -0.2) is 49.2 Å². The lowest BCUT2D eigenvalue weighted by atomic mass is 9.98. The lowest BCUT2D eigenvalue weighted by molar-refractivity contribution is -0.274. The van der Waals surface area contributed by atoms with E-state index < -0.39 is 33.8 Å². The van der Waals surface area contributed by atoms with Crippen LogP contribution in [0.5, 0.6) is 5.75 Å². The Kier molecular flexibility index (Phi) is 8.75. The number of hydrogen-bond donors (Lipinski definition) is 1. The number of ether oxygens (including phenoxy) is 1. The Hall–Kier alpha value is -4.63. The fraction of sp³-hybridized carbons (Fsp3) is 0.226. The molecule has 1 N–H and O–H groups in total. The zero-order valence-electron chi connectivity index (χ0n) is 24.5. The lowest BCUT2D eigenvalue weighted by Gasteiger charge is -2.14. The third-order valence-corrected chi connectivity index (χ3v) is 8.00. The summed E-state index contributed by atoms with van der Waals surface area (Å²) in [6.07, 6.45) is -7.40. The first-order valence-corrected chi connectivity index (χ1v) is 15.5.